The molecule has 2 fully saturated rings. The Morgan fingerprint density at radius 1 is 1.44 bits per heavy atom. The Labute approximate surface area is 111 Å². The summed E-state index contributed by atoms with van der Waals surface area (Å²) in [4.78, 5) is 14.7. The molecule has 3 heteroatoms. The normalized spacial score (nSPS) is 34.4. The van der Waals surface area contributed by atoms with Gasteiger partial charge in [-0.3, -0.25) is 10.1 Å². The molecule has 0 aromatic rings. The molecule has 18 heavy (non-hydrogen) atoms. The van der Waals surface area contributed by atoms with Gasteiger partial charge in [-0.2, -0.15) is 0 Å². The molecule has 1 saturated carbocycles. The van der Waals surface area contributed by atoms with Gasteiger partial charge in [0.2, 0.25) is 5.91 Å². The molecule has 3 unspecified atom stereocenters. The zero-order valence-corrected chi connectivity index (χ0v) is 12.5. The average molecular weight is 252 g/mol. The summed E-state index contributed by atoms with van der Waals surface area (Å²) in [6.07, 6.45) is 4.68. The van der Waals surface area contributed by atoms with Gasteiger partial charge in [0, 0.05) is 6.04 Å². The molecule has 1 amide bonds. The van der Waals surface area contributed by atoms with Gasteiger partial charge in [-0.1, -0.05) is 47.5 Å². The molecule has 1 N–H and O–H groups in total. The van der Waals surface area contributed by atoms with Crippen molar-refractivity contribution in [2.45, 2.75) is 78.6 Å². The minimum Gasteiger partial charge on any atom is -0.322 e. The molecule has 0 bridgehead atoms. The molecule has 0 aromatic heterocycles. The molecule has 0 spiro atoms. The number of carbonyl (C=O) groups is 1. The van der Waals surface area contributed by atoms with E-state index in [2.05, 4.69) is 44.8 Å². The molecule has 2 aliphatic rings. The third kappa shape index (κ3) is 2.42. The Kier molecular flexibility index (Phi) is 3.72. The smallest absolute Gasteiger partial charge is 0.241 e. The lowest BCUT2D eigenvalue weighted by Gasteiger charge is -2.28. The lowest BCUT2D eigenvalue weighted by molar-refractivity contribution is -0.131. The van der Waals surface area contributed by atoms with Crippen LogP contribution in [-0.2, 0) is 4.79 Å². The summed E-state index contributed by atoms with van der Waals surface area (Å²) in [6.45, 7) is 11.1. The minimum atomic E-state index is 0.0637. The SMILES string of the molecule is CCCCC1NC(C(C)C)N(C2CC2(C)C)C1=O. The molecule has 0 aromatic carbocycles. The maximum absolute atomic E-state index is 12.6. The van der Waals surface area contributed by atoms with Crippen molar-refractivity contribution < 1.29 is 4.79 Å². The number of rotatable bonds is 5. The van der Waals surface area contributed by atoms with Crippen molar-refractivity contribution in [3.8, 4) is 0 Å². The van der Waals surface area contributed by atoms with Crippen LogP contribution < -0.4 is 5.32 Å². The second kappa shape index (κ2) is 4.84. The number of nitrogens with one attached hydrogen (secondary N) is 1. The lowest BCUT2D eigenvalue weighted by atomic mass is 10.1. The molecule has 1 saturated heterocycles. The highest BCUT2D eigenvalue weighted by Crippen LogP contribution is 2.50. The average Bonchev–Trinajstić information content (AvgIpc) is 2.77. The highest BCUT2D eigenvalue weighted by molar-refractivity contribution is 5.85. The van der Waals surface area contributed by atoms with Gasteiger partial charge in [0.05, 0.1) is 12.2 Å². The summed E-state index contributed by atoms with van der Waals surface area (Å²) in [5.74, 6) is 0.828. The van der Waals surface area contributed by atoms with Gasteiger partial charge in [-0.25, -0.2) is 0 Å². The lowest BCUT2D eigenvalue weighted by Crippen LogP contribution is -2.44. The van der Waals surface area contributed by atoms with Crippen molar-refractivity contribution >= 4 is 5.91 Å². The molecule has 3 nitrogen and oxygen atoms in total. The molecule has 0 radical (unpaired) electrons. The van der Waals surface area contributed by atoms with Gasteiger partial charge < -0.3 is 4.90 Å². The fourth-order valence-electron chi connectivity index (χ4n) is 3.07. The third-order valence-corrected chi connectivity index (χ3v) is 4.50. The van der Waals surface area contributed by atoms with Gasteiger partial charge in [0.1, 0.15) is 0 Å². The van der Waals surface area contributed by atoms with E-state index in [0.29, 0.717) is 23.3 Å². The second-order valence-corrected chi connectivity index (χ2v) is 7.00. The van der Waals surface area contributed by atoms with E-state index in [4.69, 9.17) is 0 Å². The van der Waals surface area contributed by atoms with Crippen LogP contribution in [0.1, 0.15) is 60.3 Å². The number of nitrogens with zero attached hydrogens (tertiary/aromatic N) is 1. The molecule has 1 aliphatic carbocycles. The van der Waals surface area contributed by atoms with Crippen LogP contribution in [0.15, 0.2) is 0 Å². The quantitative estimate of drug-likeness (QED) is 0.816. The zero-order valence-electron chi connectivity index (χ0n) is 12.5. The number of carbonyl (C=O) groups excluding carboxylic acids is 1. The summed E-state index contributed by atoms with van der Waals surface area (Å²) in [7, 11) is 0. The first-order valence-corrected chi connectivity index (χ1v) is 7.46. The van der Waals surface area contributed by atoms with E-state index in [-0.39, 0.29) is 12.2 Å². The van der Waals surface area contributed by atoms with Gasteiger partial charge in [-0.15, -0.1) is 0 Å². The van der Waals surface area contributed by atoms with E-state index < -0.39 is 0 Å². The van der Waals surface area contributed by atoms with Crippen molar-refractivity contribution in [3.05, 3.63) is 0 Å². The van der Waals surface area contributed by atoms with Crippen molar-refractivity contribution in [1.29, 1.82) is 0 Å². The summed E-state index contributed by atoms with van der Waals surface area (Å²) in [5.41, 5.74) is 0.324. The van der Waals surface area contributed by atoms with Crippen LogP contribution in [0.4, 0.5) is 0 Å². The molecule has 1 aliphatic heterocycles. The van der Waals surface area contributed by atoms with E-state index in [0.717, 1.165) is 25.7 Å². The summed E-state index contributed by atoms with van der Waals surface area (Å²) < 4.78 is 0. The fourth-order valence-corrected chi connectivity index (χ4v) is 3.07. The van der Waals surface area contributed by atoms with Crippen LogP contribution in [-0.4, -0.2) is 29.1 Å². The number of hydrogen-bond acceptors (Lipinski definition) is 2. The Balaban J connectivity index is 2.08. The summed E-state index contributed by atoms with van der Waals surface area (Å²) in [6, 6.07) is 0.519. The van der Waals surface area contributed by atoms with Crippen LogP contribution in [0, 0.1) is 11.3 Å². The van der Waals surface area contributed by atoms with E-state index >= 15 is 0 Å². The van der Waals surface area contributed by atoms with Crippen LogP contribution in [0.25, 0.3) is 0 Å². The molecule has 2 rings (SSSR count). The standard InChI is InChI=1S/C15H28N2O/c1-6-7-8-11-14(18)17(12-9-15(12,4)5)13(16-11)10(2)3/h10-13,16H,6-9H2,1-5H3. The van der Waals surface area contributed by atoms with Crippen molar-refractivity contribution in [3.63, 3.8) is 0 Å². The van der Waals surface area contributed by atoms with Crippen LogP contribution in [0.3, 0.4) is 0 Å². The maximum atomic E-state index is 12.6. The monoisotopic (exact) mass is 252 g/mol. The van der Waals surface area contributed by atoms with Crippen molar-refractivity contribution in [2.75, 3.05) is 0 Å². The Morgan fingerprint density at radius 2 is 2.06 bits per heavy atom. The fraction of sp³-hybridized carbons (Fsp3) is 0.933. The first-order valence-electron chi connectivity index (χ1n) is 7.46. The Morgan fingerprint density at radius 3 is 2.50 bits per heavy atom. The van der Waals surface area contributed by atoms with E-state index in [9.17, 15) is 4.79 Å². The highest BCUT2D eigenvalue weighted by Gasteiger charge is 2.56. The Bertz CT molecular complexity index is 324. The second-order valence-electron chi connectivity index (χ2n) is 7.00. The zero-order chi connectivity index (χ0) is 13.5. The number of unbranched alkanes of at least 4 members (excludes halogenated alkanes) is 1. The minimum absolute atomic E-state index is 0.0637. The summed E-state index contributed by atoms with van der Waals surface area (Å²) in [5, 5.41) is 3.56. The third-order valence-electron chi connectivity index (χ3n) is 4.50. The molecule has 3 atom stereocenters. The first kappa shape index (κ1) is 13.9. The van der Waals surface area contributed by atoms with Gasteiger partial charge in [-0.05, 0) is 24.2 Å². The van der Waals surface area contributed by atoms with Crippen LogP contribution in [0.5, 0.6) is 0 Å². The molecule has 104 valence electrons. The van der Waals surface area contributed by atoms with Crippen LogP contribution >= 0.6 is 0 Å². The van der Waals surface area contributed by atoms with Crippen molar-refractivity contribution in [1.82, 2.24) is 10.2 Å². The van der Waals surface area contributed by atoms with E-state index in [1.54, 1.807) is 0 Å². The van der Waals surface area contributed by atoms with Gasteiger partial charge in [0.25, 0.3) is 0 Å². The van der Waals surface area contributed by atoms with E-state index in [1.165, 1.54) is 0 Å². The largest absolute Gasteiger partial charge is 0.322 e. The predicted octanol–water partition coefficient (Wildman–Crippen LogP) is 2.76. The molecular formula is C15H28N2O. The Hall–Kier alpha value is -0.570. The highest BCUT2D eigenvalue weighted by atomic mass is 16.2. The maximum Gasteiger partial charge on any atom is 0.241 e. The number of hydrogen-bond donors (Lipinski definition) is 1. The number of amides is 1. The molecule has 1 heterocycles. The van der Waals surface area contributed by atoms with Gasteiger partial charge in [0.15, 0.2) is 0 Å². The topological polar surface area (TPSA) is 32.3 Å². The van der Waals surface area contributed by atoms with E-state index in [1.807, 2.05) is 0 Å². The summed E-state index contributed by atoms with van der Waals surface area (Å²) >= 11 is 0. The van der Waals surface area contributed by atoms with Crippen LogP contribution in [0.2, 0.25) is 0 Å². The van der Waals surface area contributed by atoms with Gasteiger partial charge >= 0.3 is 0 Å². The molecular weight excluding hydrogens is 224 g/mol. The van der Waals surface area contributed by atoms with Crippen molar-refractivity contribution in [2.24, 2.45) is 11.3 Å². The predicted molar refractivity (Wildman–Crippen MR) is 74.1 cm³/mol. The first-order chi connectivity index (χ1) is 8.38.